The van der Waals surface area contributed by atoms with Gasteiger partial charge >= 0.3 is 0 Å². The van der Waals surface area contributed by atoms with Crippen molar-refractivity contribution in [3.63, 3.8) is 0 Å². The van der Waals surface area contributed by atoms with Gasteiger partial charge in [0.05, 0.1) is 11.1 Å². The van der Waals surface area contributed by atoms with Crippen molar-refractivity contribution >= 4 is 23.3 Å². The fraction of sp³-hybridized carbons (Fsp3) is 0.385. The number of rotatable bonds is 4. The molecule has 1 aromatic carbocycles. The molecule has 8 heteroatoms. The molecule has 0 aliphatic carbocycles. The minimum Gasteiger partial charge on any atom is -0.310 e. The molecule has 2 aliphatic heterocycles. The average molecular weight is 451 g/mol. The highest BCUT2D eigenvalue weighted by Crippen LogP contribution is 2.24. The molecule has 0 unspecified atom stereocenters. The number of hydrogen-bond donors (Lipinski definition) is 0. The summed E-state index contributed by atoms with van der Waals surface area (Å²) in [6.07, 6.45) is 12.2. The van der Waals surface area contributed by atoms with E-state index in [9.17, 15) is 10.5 Å². The lowest BCUT2D eigenvalue weighted by Gasteiger charge is -2.07. The number of fused-ring (bicyclic) bond motifs is 2. The van der Waals surface area contributed by atoms with Crippen LogP contribution in [0.1, 0.15) is 72.9 Å². The van der Waals surface area contributed by atoms with E-state index in [4.69, 9.17) is 0 Å². The van der Waals surface area contributed by atoms with Crippen molar-refractivity contribution in [1.82, 2.24) is 29.5 Å². The molecule has 0 N–H and O–H groups in total. The third-order valence-electron chi connectivity index (χ3n) is 6.47. The van der Waals surface area contributed by atoms with Gasteiger partial charge in [0, 0.05) is 25.9 Å². The van der Waals surface area contributed by atoms with Gasteiger partial charge in [-0.3, -0.25) is 0 Å². The Balaban J connectivity index is 1.47. The summed E-state index contributed by atoms with van der Waals surface area (Å²) in [6.45, 7) is 1.68. The Kier molecular flexibility index (Phi) is 6.31. The summed E-state index contributed by atoms with van der Waals surface area (Å²) in [5.74, 6) is 3.17. The smallest absolute Gasteiger partial charge is 0.174 e. The summed E-state index contributed by atoms with van der Waals surface area (Å²) in [5, 5.41) is 37.0. The zero-order chi connectivity index (χ0) is 23.3. The van der Waals surface area contributed by atoms with Crippen molar-refractivity contribution in [3.05, 3.63) is 58.7 Å². The Morgan fingerprint density at radius 1 is 0.706 bits per heavy atom. The van der Waals surface area contributed by atoms with Crippen LogP contribution in [0.25, 0.3) is 23.3 Å². The molecule has 3 aromatic rings. The molecule has 2 aliphatic rings. The summed E-state index contributed by atoms with van der Waals surface area (Å²) < 4.78 is 4.16. The molecule has 0 bridgehead atoms. The van der Waals surface area contributed by atoms with E-state index in [0.29, 0.717) is 22.8 Å². The number of benzene rings is 1. The topological polar surface area (TPSA) is 109 Å². The lowest BCUT2D eigenvalue weighted by atomic mass is 10.1. The van der Waals surface area contributed by atoms with Gasteiger partial charge in [-0.1, -0.05) is 31.0 Å². The van der Waals surface area contributed by atoms with Crippen LogP contribution in [0.2, 0.25) is 0 Å². The van der Waals surface area contributed by atoms with Gasteiger partial charge in [0.25, 0.3) is 0 Å². The van der Waals surface area contributed by atoms with Crippen LogP contribution < -0.4 is 0 Å². The van der Waals surface area contributed by atoms with Gasteiger partial charge in [0.15, 0.2) is 11.6 Å². The summed E-state index contributed by atoms with van der Waals surface area (Å²) in [6, 6.07) is 12.4. The van der Waals surface area contributed by atoms with Crippen LogP contribution >= 0.6 is 0 Å². The molecule has 2 aromatic heterocycles. The van der Waals surface area contributed by atoms with Crippen LogP contribution in [0.15, 0.2) is 24.3 Å². The van der Waals surface area contributed by atoms with E-state index >= 15 is 0 Å². The maximum absolute atomic E-state index is 9.87. The van der Waals surface area contributed by atoms with E-state index in [0.717, 1.165) is 74.4 Å². The van der Waals surface area contributed by atoms with Gasteiger partial charge in [0.1, 0.15) is 23.8 Å². The molecular formula is C26H26N8. The highest BCUT2D eigenvalue weighted by molar-refractivity contribution is 5.90. The molecule has 0 saturated carbocycles. The third kappa shape index (κ3) is 4.40. The highest BCUT2D eigenvalue weighted by Gasteiger charge is 2.19. The first-order valence-electron chi connectivity index (χ1n) is 12.0. The van der Waals surface area contributed by atoms with E-state index in [-0.39, 0.29) is 0 Å². The zero-order valence-electron chi connectivity index (χ0n) is 19.1. The average Bonchev–Trinajstić information content (AvgIpc) is 3.26. The predicted octanol–water partition coefficient (Wildman–Crippen LogP) is 4.45. The summed E-state index contributed by atoms with van der Waals surface area (Å²) in [7, 11) is 0. The maximum atomic E-state index is 9.87. The normalized spacial score (nSPS) is 16.5. The molecule has 0 spiro atoms. The SMILES string of the molecule is N#C/C(=C\c1cccc(/C=C(\C#N)c2nnc3n2CCCCC3)c1)c1nnc2n1CCCCC2. The van der Waals surface area contributed by atoms with E-state index < -0.39 is 0 Å². The fourth-order valence-corrected chi connectivity index (χ4v) is 4.73. The first-order chi connectivity index (χ1) is 16.8. The van der Waals surface area contributed by atoms with E-state index in [2.05, 4.69) is 41.7 Å². The number of nitriles is 2. The Morgan fingerprint density at radius 2 is 1.21 bits per heavy atom. The largest absolute Gasteiger partial charge is 0.310 e. The molecule has 34 heavy (non-hydrogen) atoms. The molecule has 0 atom stereocenters. The summed E-state index contributed by atoms with van der Waals surface area (Å²) in [5.41, 5.74) is 2.72. The van der Waals surface area contributed by atoms with Crippen molar-refractivity contribution < 1.29 is 0 Å². The second-order valence-corrected chi connectivity index (χ2v) is 8.81. The number of allylic oxidation sites excluding steroid dienone is 2. The van der Waals surface area contributed by atoms with Crippen LogP contribution in [-0.2, 0) is 25.9 Å². The standard InChI is InChI=1S/C26H26N8/c27-17-21(25-31-29-23-10-3-1-5-12-33(23)25)15-19-8-7-9-20(14-19)16-22(18-28)26-32-30-24-11-4-2-6-13-34(24)26/h7-9,14-16H,1-6,10-13H2/b21-15+,22-16+. The monoisotopic (exact) mass is 450 g/mol. The van der Waals surface area contributed by atoms with E-state index in [1.807, 2.05) is 36.4 Å². The van der Waals surface area contributed by atoms with Crippen LogP contribution in [-0.4, -0.2) is 29.5 Å². The van der Waals surface area contributed by atoms with Crippen molar-refractivity contribution in [2.75, 3.05) is 0 Å². The first-order valence-corrected chi connectivity index (χ1v) is 12.0. The van der Waals surface area contributed by atoms with Crippen molar-refractivity contribution in [1.29, 1.82) is 10.5 Å². The van der Waals surface area contributed by atoms with Gasteiger partial charge in [0.2, 0.25) is 0 Å². The quantitative estimate of drug-likeness (QED) is 0.543. The Morgan fingerprint density at radius 3 is 1.68 bits per heavy atom. The van der Waals surface area contributed by atoms with Gasteiger partial charge in [-0.2, -0.15) is 10.5 Å². The van der Waals surface area contributed by atoms with Crippen LogP contribution in [0.4, 0.5) is 0 Å². The molecule has 170 valence electrons. The lowest BCUT2D eigenvalue weighted by molar-refractivity contribution is 0.627. The summed E-state index contributed by atoms with van der Waals surface area (Å²) in [4.78, 5) is 0. The molecule has 5 rings (SSSR count). The molecular weight excluding hydrogens is 424 g/mol. The lowest BCUT2D eigenvalue weighted by Crippen LogP contribution is -2.05. The van der Waals surface area contributed by atoms with Crippen LogP contribution in [0.3, 0.4) is 0 Å². The minimum absolute atomic E-state index is 0.491. The number of aryl methyl sites for hydroxylation is 2. The van der Waals surface area contributed by atoms with Crippen molar-refractivity contribution in [2.24, 2.45) is 0 Å². The molecule has 4 heterocycles. The minimum atomic E-state index is 0.491. The fourth-order valence-electron chi connectivity index (χ4n) is 4.73. The second kappa shape index (κ2) is 9.84. The Bertz CT molecular complexity index is 1240. The predicted molar refractivity (Wildman–Crippen MR) is 129 cm³/mol. The number of hydrogen-bond acceptors (Lipinski definition) is 6. The van der Waals surface area contributed by atoms with Crippen molar-refractivity contribution in [3.8, 4) is 12.1 Å². The first kappa shape index (κ1) is 21.8. The van der Waals surface area contributed by atoms with Gasteiger partial charge in [-0.05, 0) is 55.0 Å². The van der Waals surface area contributed by atoms with Crippen LogP contribution in [0, 0.1) is 22.7 Å². The van der Waals surface area contributed by atoms with E-state index in [1.165, 1.54) is 12.8 Å². The molecule has 0 radical (unpaired) electrons. The van der Waals surface area contributed by atoms with Gasteiger partial charge in [-0.15, -0.1) is 20.4 Å². The number of aromatic nitrogens is 6. The maximum Gasteiger partial charge on any atom is 0.174 e. The van der Waals surface area contributed by atoms with Gasteiger partial charge in [-0.25, -0.2) is 0 Å². The second-order valence-electron chi connectivity index (χ2n) is 8.81. The zero-order valence-corrected chi connectivity index (χ0v) is 19.1. The highest BCUT2D eigenvalue weighted by atomic mass is 15.3. The third-order valence-corrected chi connectivity index (χ3v) is 6.47. The van der Waals surface area contributed by atoms with Crippen LogP contribution in [0.5, 0.6) is 0 Å². The Labute approximate surface area is 198 Å². The summed E-state index contributed by atoms with van der Waals surface area (Å²) >= 11 is 0. The Hall–Kier alpha value is -4.04. The van der Waals surface area contributed by atoms with Gasteiger partial charge < -0.3 is 9.13 Å². The van der Waals surface area contributed by atoms with Crippen molar-refractivity contribution in [2.45, 2.75) is 64.5 Å². The molecule has 0 saturated heterocycles. The molecule has 0 amide bonds. The van der Waals surface area contributed by atoms with E-state index in [1.54, 1.807) is 0 Å². The number of nitrogens with zero attached hydrogens (tertiary/aromatic N) is 8. The molecule has 8 nitrogen and oxygen atoms in total. The molecule has 0 fully saturated rings.